The molecule has 2 aliphatic carbocycles. The first kappa shape index (κ1) is 15.4. The van der Waals surface area contributed by atoms with Crippen molar-refractivity contribution in [1.82, 2.24) is 0 Å². The Kier molecular flexibility index (Phi) is 3.50. The molecule has 0 amide bonds. The lowest BCUT2D eigenvalue weighted by molar-refractivity contribution is 0.0562. The van der Waals surface area contributed by atoms with E-state index in [1.807, 2.05) is 0 Å². The average molecular weight is 407 g/mol. The van der Waals surface area contributed by atoms with Crippen molar-refractivity contribution < 1.29 is 12.6 Å². The first-order valence-corrected chi connectivity index (χ1v) is 8.50. The second-order valence-corrected chi connectivity index (χ2v) is 9.05. The molecule has 0 aromatic rings. The van der Waals surface area contributed by atoms with E-state index in [0.29, 0.717) is 12.0 Å². The van der Waals surface area contributed by atoms with Gasteiger partial charge in [0.05, 0.1) is 5.38 Å². The Hall–Kier alpha value is 1.55. The average Bonchev–Trinajstić information content (AvgIpc) is 2.36. The first-order chi connectivity index (χ1) is 8.57. The predicted molar refractivity (Wildman–Crippen MR) is 77.5 cm³/mol. The monoisotopic (exact) mass is 404 g/mol. The Bertz CT molecular complexity index is 512. The van der Waals surface area contributed by atoms with Crippen LogP contribution in [0.25, 0.3) is 0 Å². The highest BCUT2D eigenvalue weighted by atomic mass is 35.5. The molecule has 2 fully saturated rings. The van der Waals surface area contributed by atoms with E-state index in [2.05, 4.69) is 0 Å². The third kappa shape index (κ3) is 1.76. The van der Waals surface area contributed by atoms with Gasteiger partial charge < -0.3 is 0 Å². The van der Waals surface area contributed by atoms with Crippen molar-refractivity contribution in [3.05, 3.63) is 11.6 Å². The summed E-state index contributed by atoms with van der Waals surface area (Å²) in [6, 6.07) is 0. The summed E-state index contributed by atoms with van der Waals surface area (Å²) < 4.78 is 20.2. The molecule has 108 valence electrons. The summed E-state index contributed by atoms with van der Waals surface area (Å²) in [6.07, 6.45) is 1.95. The summed E-state index contributed by atoms with van der Waals surface area (Å²) in [5.74, 6) is 0. The molecule has 10 heteroatoms. The summed E-state index contributed by atoms with van der Waals surface area (Å²) >= 11 is 35.9. The van der Waals surface area contributed by atoms with Crippen LogP contribution < -0.4 is 0 Å². The summed E-state index contributed by atoms with van der Waals surface area (Å²) in [5, 5.41) is -3.83. The minimum atomic E-state index is -2.15. The van der Waals surface area contributed by atoms with Crippen molar-refractivity contribution in [2.24, 2.45) is 0 Å². The molecule has 5 atom stereocenters. The third-order valence-electron chi connectivity index (χ3n) is 3.52. The maximum absolute atomic E-state index is 11.6. The van der Waals surface area contributed by atoms with Crippen LogP contribution >= 0.6 is 69.6 Å². The molecule has 0 N–H and O–H groups in total. The molecule has 0 aromatic carbocycles. The van der Waals surface area contributed by atoms with E-state index in [9.17, 15) is 4.21 Å². The number of alkyl halides is 6. The largest absolute Gasteiger partial charge is 0.308 e. The molecule has 2 bridgehead atoms. The summed E-state index contributed by atoms with van der Waals surface area (Å²) in [7, 11) is 0. The second kappa shape index (κ2) is 4.30. The van der Waals surface area contributed by atoms with Crippen LogP contribution in [0, 0.1) is 0 Å². The normalized spacial score (nSPS) is 55.6. The molecule has 0 spiro atoms. The van der Waals surface area contributed by atoms with Crippen LogP contribution in [-0.2, 0) is 19.7 Å². The number of rotatable bonds is 0. The fourth-order valence-electron chi connectivity index (χ4n) is 2.67. The van der Waals surface area contributed by atoms with Crippen molar-refractivity contribution >= 4 is 81.0 Å². The van der Waals surface area contributed by atoms with Gasteiger partial charge >= 0.3 is 11.4 Å². The Morgan fingerprint density at radius 3 is 2.47 bits per heavy atom. The lowest BCUT2D eigenvalue weighted by Crippen LogP contribution is -2.60. The zero-order valence-corrected chi connectivity index (χ0v) is 14.3. The highest BCUT2D eigenvalue weighted by molar-refractivity contribution is 7.75. The minimum Gasteiger partial charge on any atom is -0.243 e. The van der Waals surface area contributed by atoms with E-state index in [1.165, 1.54) is 0 Å². The molecule has 1 aliphatic heterocycles. The van der Waals surface area contributed by atoms with Crippen LogP contribution in [-0.4, -0.2) is 28.9 Å². The first-order valence-electron chi connectivity index (χ1n) is 5.17. The molecule has 19 heavy (non-hydrogen) atoms. The van der Waals surface area contributed by atoms with Gasteiger partial charge in [0.1, 0.15) is 4.87 Å². The van der Waals surface area contributed by atoms with Gasteiger partial charge in [-0.1, -0.05) is 52.5 Å². The molecular formula is C9H6Cl6O3S. The summed E-state index contributed by atoms with van der Waals surface area (Å²) in [5.41, 5.74) is 0.339. The van der Waals surface area contributed by atoms with Crippen molar-refractivity contribution in [3.8, 4) is 0 Å². The van der Waals surface area contributed by atoms with Crippen LogP contribution in [0.3, 0.4) is 0 Å². The van der Waals surface area contributed by atoms with Gasteiger partial charge in [0.2, 0.25) is 0 Å². The highest BCUT2D eigenvalue weighted by Crippen LogP contribution is 2.71. The molecule has 0 aromatic heterocycles. The number of halogens is 6. The van der Waals surface area contributed by atoms with Gasteiger partial charge in [-0.05, 0) is 6.42 Å². The van der Waals surface area contributed by atoms with Gasteiger partial charge in [0.25, 0.3) is 0 Å². The van der Waals surface area contributed by atoms with Crippen LogP contribution in [0.5, 0.6) is 0 Å². The molecule has 0 radical (unpaired) electrons. The Morgan fingerprint density at radius 2 is 1.84 bits per heavy atom. The fourth-order valence-corrected chi connectivity index (χ4v) is 6.34. The maximum atomic E-state index is 11.6. The molecule has 5 unspecified atom stereocenters. The van der Waals surface area contributed by atoms with Crippen LogP contribution in [0.4, 0.5) is 0 Å². The number of allylic oxidation sites excluding steroid dienone is 1. The molecule has 3 aliphatic rings. The maximum Gasteiger partial charge on any atom is 0.308 e. The standard InChI is InChI=1S/C9H6Cl6O3S/c10-5-2-1-4-6(11)3-7(12,18-19(16)17-6)8(4,13)9(5,14)15/h1,5H,2-3H2. The van der Waals surface area contributed by atoms with E-state index in [1.54, 1.807) is 6.08 Å². The van der Waals surface area contributed by atoms with E-state index < -0.39 is 36.1 Å². The molecule has 1 heterocycles. The van der Waals surface area contributed by atoms with Crippen LogP contribution in [0.2, 0.25) is 0 Å². The fraction of sp³-hybridized carbons (Fsp3) is 0.778. The van der Waals surface area contributed by atoms with E-state index in [4.69, 9.17) is 78.0 Å². The molecule has 1 saturated heterocycles. The zero-order chi connectivity index (χ0) is 14.3. The molecular weight excluding hydrogens is 401 g/mol. The van der Waals surface area contributed by atoms with Gasteiger partial charge in [-0.25, -0.2) is 8.37 Å². The lowest BCUT2D eigenvalue weighted by Gasteiger charge is -2.46. The second-order valence-electron chi connectivity index (χ2n) is 4.61. The number of hydrogen-bond acceptors (Lipinski definition) is 3. The number of hydrogen-bond donors (Lipinski definition) is 0. The van der Waals surface area contributed by atoms with Gasteiger partial charge in [-0.15, -0.1) is 23.2 Å². The SMILES string of the molecule is O=S1OC2(Cl)CC(Cl)(O1)C1(Cl)C2=CCC(Cl)C1(Cl)Cl. The lowest BCUT2D eigenvalue weighted by atomic mass is 9.85. The zero-order valence-electron chi connectivity index (χ0n) is 8.97. The third-order valence-corrected chi connectivity index (χ3v) is 8.38. The quantitative estimate of drug-likeness (QED) is 0.451. The van der Waals surface area contributed by atoms with Crippen molar-refractivity contribution in [2.75, 3.05) is 0 Å². The van der Waals surface area contributed by atoms with Gasteiger partial charge in [0, 0.05) is 12.0 Å². The van der Waals surface area contributed by atoms with Crippen molar-refractivity contribution in [1.29, 1.82) is 0 Å². The van der Waals surface area contributed by atoms with E-state index in [-0.39, 0.29) is 6.42 Å². The Labute approximate surface area is 142 Å². The molecule has 3 nitrogen and oxygen atoms in total. The van der Waals surface area contributed by atoms with Gasteiger partial charge in [0.15, 0.2) is 14.5 Å². The smallest absolute Gasteiger partial charge is 0.243 e. The predicted octanol–water partition coefficient (Wildman–Crippen LogP) is 3.97. The molecule has 1 saturated carbocycles. The topological polar surface area (TPSA) is 35.5 Å². The summed E-state index contributed by atoms with van der Waals surface area (Å²) in [6.45, 7) is 0. The van der Waals surface area contributed by atoms with Gasteiger partial charge in [-0.2, -0.15) is 4.21 Å². The highest BCUT2D eigenvalue weighted by Gasteiger charge is 2.79. The van der Waals surface area contributed by atoms with Gasteiger partial charge in [-0.3, -0.25) is 0 Å². The minimum absolute atomic E-state index is 0.0466. The number of fused-ring (bicyclic) bond motifs is 5. The van der Waals surface area contributed by atoms with Crippen LogP contribution in [0.15, 0.2) is 11.6 Å². The Balaban J connectivity index is 2.27. The van der Waals surface area contributed by atoms with Crippen molar-refractivity contribution in [2.45, 2.75) is 37.5 Å². The van der Waals surface area contributed by atoms with E-state index in [0.717, 1.165) is 0 Å². The van der Waals surface area contributed by atoms with Crippen LogP contribution in [0.1, 0.15) is 12.8 Å². The Morgan fingerprint density at radius 1 is 1.21 bits per heavy atom. The van der Waals surface area contributed by atoms with E-state index >= 15 is 0 Å². The molecule has 3 rings (SSSR count). The van der Waals surface area contributed by atoms with Crippen molar-refractivity contribution in [3.63, 3.8) is 0 Å². The summed E-state index contributed by atoms with van der Waals surface area (Å²) in [4.78, 5) is -1.64.